The van der Waals surface area contributed by atoms with Crippen LogP contribution in [0.3, 0.4) is 0 Å². The van der Waals surface area contributed by atoms with E-state index in [9.17, 15) is 4.79 Å². The van der Waals surface area contributed by atoms with Crippen LogP contribution in [0.15, 0.2) is 24.3 Å². The van der Waals surface area contributed by atoms with E-state index in [0.29, 0.717) is 4.99 Å². The highest BCUT2D eigenvalue weighted by atomic mass is 32.1. The van der Waals surface area contributed by atoms with Crippen LogP contribution in [-0.2, 0) is 11.2 Å². The number of benzene rings is 1. The van der Waals surface area contributed by atoms with Crippen LogP contribution in [0.1, 0.15) is 42.7 Å². The lowest BCUT2D eigenvalue weighted by Crippen LogP contribution is -2.56. The number of hydrogen-bond donors (Lipinski definition) is 2. The summed E-state index contributed by atoms with van der Waals surface area (Å²) in [6.07, 6.45) is 4.75. The summed E-state index contributed by atoms with van der Waals surface area (Å²) in [6.45, 7) is 0. The maximum Gasteiger partial charge on any atom is 0.228 e. The highest BCUT2D eigenvalue weighted by molar-refractivity contribution is 7.80. The third kappa shape index (κ3) is 2.04. The number of thiocarbonyl (C=S) groups is 1. The van der Waals surface area contributed by atoms with Gasteiger partial charge in [0.15, 0.2) is 0 Å². The summed E-state index contributed by atoms with van der Waals surface area (Å²) in [4.78, 5) is 12.9. The van der Waals surface area contributed by atoms with E-state index in [1.54, 1.807) is 0 Å². The molecule has 100 valence electrons. The van der Waals surface area contributed by atoms with Crippen molar-refractivity contribution in [2.24, 2.45) is 5.73 Å². The Bertz CT molecular complexity index is 535. The number of carbonyl (C=O) groups excluding carboxylic acids is 1. The third-order valence-corrected chi connectivity index (χ3v) is 4.85. The Hall–Kier alpha value is -1.42. The highest BCUT2D eigenvalue weighted by Gasteiger charge is 2.41. The predicted molar refractivity (Wildman–Crippen MR) is 79.0 cm³/mol. The smallest absolute Gasteiger partial charge is 0.228 e. The fourth-order valence-electron chi connectivity index (χ4n) is 3.23. The van der Waals surface area contributed by atoms with Gasteiger partial charge in [0.2, 0.25) is 5.91 Å². The van der Waals surface area contributed by atoms with E-state index in [2.05, 4.69) is 11.4 Å². The lowest BCUT2D eigenvalue weighted by Gasteiger charge is -2.35. The number of fused-ring (bicyclic) bond motifs is 1. The summed E-state index contributed by atoms with van der Waals surface area (Å²) in [6, 6.07) is 8.11. The molecule has 1 fully saturated rings. The standard InChI is InChI=1S/C15H18N2OS/c16-14(19)15(7-3-4-8-15)17-13(18)12-9-10-5-1-2-6-11(10)12/h1-2,5-6,12H,3-4,7-9H2,(H2,16,19)(H,17,18). The molecule has 3 N–H and O–H groups in total. The fraction of sp³-hybridized carbons (Fsp3) is 0.467. The van der Waals surface area contributed by atoms with Crippen molar-refractivity contribution in [2.75, 3.05) is 0 Å². The van der Waals surface area contributed by atoms with Crippen LogP contribution in [0.4, 0.5) is 0 Å². The zero-order valence-electron chi connectivity index (χ0n) is 10.8. The van der Waals surface area contributed by atoms with Crippen molar-refractivity contribution in [2.45, 2.75) is 43.6 Å². The lowest BCUT2D eigenvalue weighted by molar-refractivity contribution is -0.124. The zero-order chi connectivity index (χ0) is 13.5. The Morgan fingerprint density at radius 1 is 1.32 bits per heavy atom. The molecule has 2 aliphatic rings. The van der Waals surface area contributed by atoms with Crippen LogP contribution in [-0.4, -0.2) is 16.4 Å². The lowest BCUT2D eigenvalue weighted by atomic mass is 9.76. The van der Waals surface area contributed by atoms with E-state index in [-0.39, 0.29) is 11.8 Å². The first-order chi connectivity index (χ1) is 9.12. The molecule has 0 radical (unpaired) electrons. The third-order valence-electron chi connectivity index (χ3n) is 4.46. The van der Waals surface area contributed by atoms with Crippen molar-refractivity contribution < 1.29 is 4.79 Å². The van der Waals surface area contributed by atoms with Crippen LogP contribution in [0.2, 0.25) is 0 Å². The number of nitrogens with two attached hydrogens (primary N) is 1. The van der Waals surface area contributed by atoms with Gasteiger partial charge < -0.3 is 11.1 Å². The second kappa shape index (κ2) is 4.60. The summed E-state index contributed by atoms with van der Waals surface area (Å²) < 4.78 is 0. The maximum atomic E-state index is 12.4. The van der Waals surface area contributed by atoms with E-state index in [1.807, 2.05) is 18.2 Å². The van der Waals surface area contributed by atoms with Crippen LogP contribution in [0, 0.1) is 0 Å². The molecule has 0 heterocycles. The van der Waals surface area contributed by atoms with Gasteiger partial charge in [0.05, 0.1) is 16.4 Å². The van der Waals surface area contributed by atoms with Gasteiger partial charge in [-0.1, -0.05) is 49.3 Å². The number of rotatable bonds is 3. The summed E-state index contributed by atoms with van der Waals surface area (Å²) in [5.41, 5.74) is 7.84. The number of hydrogen-bond acceptors (Lipinski definition) is 2. The second-order valence-electron chi connectivity index (χ2n) is 5.60. The van der Waals surface area contributed by atoms with Crippen molar-refractivity contribution in [1.82, 2.24) is 5.32 Å². The maximum absolute atomic E-state index is 12.4. The summed E-state index contributed by atoms with van der Waals surface area (Å²) in [7, 11) is 0. The fourth-order valence-corrected chi connectivity index (χ4v) is 3.48. The minimum atomic E-state index is -0.434. The molecule has 0 bridgehead atoms. The van der Waals surface area contributed by atoms with Crippen molar-refractivity contribution >= 4 is 23.1 Å². The van der Waals surface area contributed by atoms with Crippen LogP contribution in [0.25, 0.3) is 0 Å². The normalized spacial score (nSPS) is 23.3. The van der Waals surface area contributed by atoms with Crippen LogP contribution in [0.5, 0.6) is 0 Å². The number of amides is 1. The van der Waals surface area contributed by atoms with Gasteiger partial charge in [0.1, 0.15) is 0 Å². The first kappa shape index (κ1) is 12.6. The van der Waals surface area contributed by atoms with Gasteiger partial charge >= 0.3 is 0 Å². The van der Waals surface area contributed by atoms with E-state index < -0.39 is 5.54 Å². The van der Waals surface area contributed by atoms with E-state index in [1.165, 1.54) is 5.56 Å². The molecule has 0 spiro atoms. The van der Waals surface area contributed by atoms with Gasteiger partial charge in [-0.15, -0.1) is 0 Å². The molecule has 1 aromatic rings. The minimum Gasteiger partial charge on any atom is -0.391 e. The van der Waals surface area contributed by atoms with Gasteiger partial charge in [0.25, 0.3) is 0 Å². The molecule has 2 aliphatic carbocycles. The second-order valence-corrected chi connectivity index (χ2v) is 6.04. The summed E-state index contributed by atoms with van der Waals surface area (Å²) in [5.74, 6) is 0.0522. The first-order valence-electron chi connectivity index (χ1n) is 6.82. The Kier molecular flexibility index (Phi) is 3.05. The molecule has 0 saturated heterocycles. The zero-order valence-corrected chi connectivity index (χ0v) is 11.6. The molecule has 3 nitrogen and oxygen atoms in total. The van der Waals surface area contributed by atoms with Gasteiger partial charge in [-0.25, -0.2) is 0 Å². The average molecular weight is 274 g/mol. The predicted octanol–water partition coefficient (Wildman–Crippen LogP) is 2.04. The number of nitrogens with one attached hydrogen (secondary N) is 1. The monoisotopic (exact) mass is 274 g/mol. The number of carbonyl (C=O) groups is 1. The van der Waals surface area contributed by atoms with E-state index in [4.69, 9.17) is 18.0 Å². The summed E-state index contributed by atoms with van der Waals surface area (Å²) >= 11 is 5.17. The molecule has 0 aliphatic heterocycles. The van der Waals surface area contributed by atoms with Gasteiger partial charge in [-0.3, -0.25) is 4.79 Å². The molecule has 3 rings (SSSR count). The Morgan fingerprint density at radius 3 is 2.63 bits per heavy atom. The van der Waals surface area contributed by atoms with Crippen molar-refractivity contribution in [3.63, 3.8) is 0 Å². The molecule has 0 aromatic heterocycles. The Balaban J connectivity index is 1.75. The molecular formula is C15H18N2OS. The van der Waals surface area contributed by atoms with Crippen molar-refractivity contribution in [3.8, 4) is 0 Å². The quantitative estimate of drug-likeness (QED) is 0.829. The van der Waals surface area contributed by atoms with Gasteiger partial charge in [-0.05, 0) is 30.4 Å². The minimum absolute atomic E-state index is 0.0250. The molecule has 1 unspecified atom stereocenters. The van der Waals surface area contributed by atoms with Crippen molar-refractivity contribution in [1.29, 1.82) is 0 Å². The topological polar surface area (TPSA) is 55.1 Å². The van der Waals surface area contributed by atoms with Crippen LogP contribution >= 0.6 is 12.2 Å². The molecule has 1 saturated carbocycles. The van der Waals surface area contributed by atoms with Gasteiger partial charge in [-0.2, -0.15) is 0 Å². The highest BCUT2D eigenvalue weighted by Crippen LogP contribution is 2.37. The Morgan fingerprint density at radius 2 is 2.00 bits per heavy atom. The van der Waals surface area contributed by atoms with E-state index in [0.717, 1.165) is 37.7 Å². The molecule has 1 atom stereocenters. The molecule has 1 aromatic carbocycles. The first-order valence-corrected chi connectivity index (χ1v) is 7.23. The van der Waals surface area contributed by atoms with Crippen LogP contribution < -0.4 is 11.1 Å². The largest absolute Gasteiger partial charge is 0.391 e. The van der Waals surface area contributed by atoms with E-state index >= 15 is 0 Å². The van der Waals surface area contributed by atoms with Crippen molar-refractivity contribution in [3.05, 3.63) is 35.4 Å². The molecule has 1 amide bonds. The molecule has 4 heteroatoms. The molecular weight excluding hydrogens is 256 g/mol. The Labute approximate surface area is 118 Å². The molecule has 19 heavy (non-hydrogen) atoms. The SMILES string of the molecule is NC(=S)C1(NC(=O)C2Cc3ccccc32)CCCC1. The summed E-state index contributed by atoms with van der Waals surface area (Å²) in [5, 5.41) is 3.13. The average Bonchev–Trinajstić information content (AvgIpc) is 2.80. The van der Waals surface area contributed by atoms with Gasteiger partial charge in [0, 0.05) is 0 Å².